The second-order valence-corrected chi connectivity index (χ2v) is 12.6. The Balaban J connectivity index is 4.69. The zero-order chi connectivity index (χ0) is 27.8. The number of rotatable bonds is 33. The molecule has 0 saturated carbocycles. The third-order valence-corrected chi connectivity index (χ3v) is 8.99. The van der Waals surface area contributed by atoms with Crippen LogP contribution in [0.2, 0.25) is 0 Å². The molecule has 0 saturated heterocycles. The van der Waals surface area contributed by atoms with E-state index in [0.717, 1.165) is 24.7 Å². The monoisotopic (exact) mass is 539 g/mol. The summed E-state index contributed by atoms with van der Waals surface area (Å²) in [4.78, 5) is 0. The Morgan fingerprint density at radius 3 is 0.737 bits per heavy atom. The standard InChI is InChI=1S/C36H74O2/c1-3-5-7-9-12-18-24-30-36(32-26-20-14-16-22-28-34-38)35(29-23-17-10-8-6-4-2)31-25-19-13-11-15-21-27-33-37/h35-38H,3-34H2,1-2H3. The van der Waals surface area contributed by atoms with Crippen molar-refractivity contribution < 1.29 is 10.2 Å². The van der Waals surface area contributed by atoms with Crippen molar-refractivity contribution >= 4 is 0 Å². The predicted octanol–water partition coefficient (Wildman–Crippen LogP) is 11.9. The van der Waals surface area contributed by atoms with Crippen molar-refractivity contribution in [2.45, 2.75) is 206 Å². The highest BCUT2D eigenvalue weighted by Crippen LogP contribution is 2.33. The molecule has 0 aromatic carbocycles. The molecule has 2 nitrogen and oxygen atoms in total. The fraction of sp³-hybridized carbons (Fsp3) is 1.00. The Kier molecular flexibility index (Phi) is 33.1. The van der Waals surface area contributed by atoms with Crippen LogP contribution in [-0.4, -0.2) is 23.4 Å². The Morgan fingerprint density at radius 1 is 0.289 bits per heavy atom. The highest BCUT2D eigenvalue weighted by Gasteiger charge is 2.20. The lowest BCUT2D eigenvalue weighted by Crippen LogP contribution is -2.16. The lowest BCUT2D eigenvalue weighted by Gasteiger charge is -2.28. The first-order chi connectivity index (χ1) is 18.8. The van der Waals surface area contributed by atoms with Gasteiger partial charge in [-0.1, -0.05) is 194 Å². The van der Waals surface area contributed by atoms with Crippen LogP contribution in [0.25, 0.3) is 0 Å². The van der Waals surface area contributed by atoms with Crippen LogP contribution in [0.15, 0.2) is 0 Å². The second-order valence-electron chi connectivity index (χ2n) is 12.6. The minimum absolute atomic E-state index is 0.364. The molecule has 0 fully saturated rings. The van der Waals surface area contributed by atoms with Gasteiger partial charge < -0.3 is 10.2 Å². The third-order valence-electron chi connectivity index (χ3n) is 8.99. The molecule has 2 unspecified atom stereocenters. The number of hydrogen-bond donors (Lipinski definition) is 2. The highest BCUT2D eigenvalue weighted by atomic mass is 16.3. The summed E-state index contributed by atoms with van der Waals surface area (Å²) in [6.45, 7) is 5.37. The molecule has 38 heavy (non-hydrogen) atoms. The van der Waals surface area contributed by atoms with Crippen LogP contribution in [0.1, 0.15) is 206 Å². The average molecular weight is 539 g/mol. The van der Waals surface area contributed by atoms with Crippen molar-refractivity contribution in [1.82, 2.24) is 0 Å². The summed E-state index contributed by atoms with van der Waals surface area (Å²) in [5.41, 5.74) is 0. The number of unbranched alkanes of at least 4 members (excludes halogenated alkanes) is 22. The maximum absolute atomic E-state index is 9.04. The van der Waals surface area contributed by atoms with Crippen LogP contribution in [0.3, 0.4) is 0 Å². The molecule has 230 valence electrons. The van der Waals surface area contributed by atoms with Gasteiger partial charge in [0.05, 0.1) is 0 Å². The maximum Gasteiger partial charge on any atom is 0.0431 e. The molecule has 0 bridgehead atoms. The van der Waals surface area contributed by atoms with Crippen molar-refractivity contribution in [3.63, 3.8) is 0 Å². The molecule has 0 aromatic rings. The van der Waals surface area contributed by atoms with Crippen LogP contribution in [0, 0.1) is 11.8 Å². The van der Waals surface area contributed by atoms with E-state index in [-0.39, 0.29) is 0 Å². The molecule has 0 amide bonds. The van der Waals surface area contributed by atoms with E-state index in [4.69, 9.17) is 10.2 Å². The van der Waals surface area contributed by atoms with E-state index in [1.165, 1.54) is 180 Å². The summed E-state index contributed by atoms with van der Waals surface area (Å²) < 4.78 is 0. The topological polar surface area (TPSA) is 40.5 Å². The first-order valence-corrected chi connectivity index (χ1v) is 18.0. The van der Waals surface area contributed by atoms with Gasteiger partial charge in [0, 0.05) is 13.2 Å². The number of aliphatic hydroxyl groups excluding tert-OH is 2. The van der Waals surface area contributed by atoms with Gasteiger partial charge in [0.2, 0.25) is 0 Å². The Bertz CT molecular complexity index is 392. The van der Waals surface area contributed by atoms with Gasteiger partial charge in [-0.2, -0.15) is 0 Å². The maximum atomic E-state index is 9.04. The van der Waals surface area contributed by atoms with E-state index in [2.05, 4.69) is 13.8 Å². The number of aliphatic hydroxyl groups is 2. The van der Waals surface area contributed by atoms with E-state index in [9.17, 15) is 0 Å². The fourth-order valence-electron chi connectivity index (χ4n) is 6.41. The van der Waals surface area contributed by atoms with E-state index in [0.29, 0.717) is 13.2 Å². The van der Waals surface area contributed by atoms with E-state index in [1.807, 2.05) is 0 Å². The summed E-state index contributed by atoms with van der Waals surface area (Å²) in [7, 11) is 0. The summed E-state index contributed by atoms with van der Waals surface area (Å²) >= 11 is 0. The largest absolute Gasteiger partial charge is 0.396 e. The molecule has 0 aliphatic carbocycles. The van der Waals surface area contributed by atoms with Crippen LogP contribution >= 0.6 is 0 Å². The van der Waals surface area contributed by atoms with Crippen molar-refractivity contribution in [3.8, 4) is 0 Å². The third kappa shape index (κ3) is 27.5. The lowest BCUT2D eigenvalue weighted by atomic mass is 9.78. The van der Waals surface area contributed by atoms with Gasteiger partial charge in [-0.15, -0.1) is 0 Å². The molecule has 0 heterocycles. The Labute approximate surface area is 241 Å². The normalized spacial score (nSPS) is 13.3. The van der Waals surface area contributed by atoms with Crippen molar-refractivity contribution in [3.05, 3.63) is 0 Å². The van der Waals surface area contributed by atoms with E-state index >= 15 is 0 Å². The van der Waals surface area contributed by atoms with Crippen molar-refractivity contribution in [2.75, 3.05) is 13.2 Å². The minimum Gasteiger partial charge on any atom is -0.396 e. The van der Waals surface area contributed by atoms with Crippen molar-refractivity contribution in [2.24, 2.45) is 11.8 Å². The molecule has 0 aliphatic heterocycles. The van der Waals surface area contributed by atoms with E-state index < -0.39 is 0 Å². The van der Waals surface area contributed by atoms with Crippen LogP contribution in [-0.2, 0) is 0 Å². The summed E-state index contributed by atoms with van der Waals surface area (Å²) in [6.07, 6.45) is 41.3. The molecule has 0 radical (unpaired) electrons. The summed E-state index contributed by atoms with van der Waals surface area (Å²) in [5, 5.41) is 18.0. The van der Waals surface area contributed by atoms with Crippen molar-refractivity contribution in [1.29, 1.82) is 0 Å². The number of hydrogen-bond acceptors (Lipinski definition) is 2. The molecule has 0 aliphatic rings. The Morgan fingerprint density at radius 2 is 0.500 bits per heavy atom. The van der Waals surface area contributed by atoms with Crippen LogP contribution < -0.4 is 0 Å². The molecular weight excluding hydrogens is 464 g/mol. The molecule has 0 spiro atoms. The predicted molar refractivity (Wildman–Crippen MR) is 171 cm³/mol. The van der Waals surface area contributed by atoms with Gasteiger partial charge in [0.1, 0.15) is 0 Å². The van der Waals surface area contributed by atoms with Crippen LogP contribution in [0.4, 0.5) is 0 Å². The molecular formula is C36H74O2. The quantitative estimate of drug-likeness (QED) is 0.0815. The van der Waals surface area contributed by atoms with Gasteiger partial charge in [-0.05, 0) is 24.7 Å². The summed E-state index contributed by atoms with van der Waals surface area (Å²) in [5.74, 6) is 1.92. The fourth-order valence-corrected chi connectivity index (χ4v) is 6.41. The van der Waals surface area contributed by atoms with E-state index in [1.54, 1.807) is 0 Å². The minimum atomic E-state index is 0.364. The average Bonchev–Trinajstić information content (AvgIpc) is 2.93. The first kappa shape index (κ1) is 37.9. The first-order valence-electron chi connectivity index (χ1n) is 18.0. The van der Waals surface area contributed by atoms with Gasteiger partial charge >= 0.3 is 0 Å². The lowest BCUT2D eigenvalue weighted by molar-refractivity contribution is 0.236. The zero-order valence-corrected chi connectivity index (χ0v) is 26.7. The van der Waals surface area contributed by atoms with Gasteiger partial charge in [-0.3, -0.25) is 0 Å². The molecule has 2 atom stereocenters. The summed E-state index contributed by atoms with van der Waals surface area (Å²) in [6, 6.07) is 0. The van der Waals surface area contributed by atoms with Gasteiger partial charge in [-0.25, -0.2) is 0 Å². The van der Waals surface area contributed by atoms with Gasteiger partial charge in [0.15, 0.2) is 0 Å². The highest BCUT2D eigenvalue weighted by molar-refractivity contribution is 4.72. The van der Waals surface area contributed by atoms with Gasteiger partial charge in [0.25, 0.3) is 0 Å². The molecule has 2 N–H and O–H groups in total. The Hall–Kier alpha value is -0.0800. The molecule has 0 rings (SSSR count). The van der Waals surface area contributed by atoms with Crippen LogP contribution in [0.5, 0.6) is 0 Å². The smallest absolute Gasteiger partial charge is 0.0431 e. The SMILES string of the molecule is CCCCCCCCCC(CCCCCCCCO)C(CCCCCCCC)CCCCCCCCCO. The molecule has 2 heteroatoms. The second kappa shape index (κ2) is 33.1. The zero-order valence-electron chi connectivity index (χ0n) is 26.7. The molecule has 0 aromatic heterocycles.